The summed E-state index contributed by atoms with van der Waals surface area (Å²) in [4.78, 5) is 10.2. The van der Waals surface area contributed by atoms with E-state index in [-0.39, 0.29) is 5.28 Å². The van der Waals surface area contributed by atoms with Crippen molar-refractivity contribution in [1.29, 1.82) is 0 Å². The zero-order valence-corrected chi connectivity index (χ0v) is 13.2. The molecule has 20 heavy (non-hydrogen) atoms. The Morgan fingerprint density at radius 3 is 2.75 bits per heavy atom. The number of benzene rings is 1. The number of rotatable bonds is 2. The summed E-state index contributed by atoms with van der Waals surface area (Å²) in [6.45, 7) is 1.98. The van der Waals surface area contributed by atoms with E-state index in [0.717, 1.165) is 15.1 Å². The molecule has 0 saturated carbocycles. The van der Waals surface area contributed by atoms with Crippen LogP contribution in [-0.2, 0) is 0 Å². The van der Waals surface area contributed by atoms with Crippen LogP contribution in [0.25, 0.3) is 10.2 Å². The molecule has 0 bridgehead atoms. The first-order valence-corrected chi connectivity index (χ1v) is 7.55. The SMILES string of the molecule is Cc1cc2c(Oc3cccc(Cl)c3Cl)nc(Cl)nc2s1. The van der Waals surface area contributed by atoms with Gasteiger partial charge in [-0.3, -0.25) is 0 Å². The van der Waals surface area contributed by atoms with Crippen LogP contribution in [0.3, 0.4) is 0 Å². The quantitative estimate of drug-likeness (QED) is 0.554. The Balaban J connectivity index is 2.12. The fourth-order valence-electron chi connectivity index (χ4n) is 1.74. The Kier molecular flexibility index (Phi) is 3.73. The summed E-state index contributed by atoms with van der Waals surface area (Å²) in [6, 6.07) is 7.11. The fourth-order valence-corrected chi connectivity index (χ4v) is 3.15. The third-order valence-electron chi connectivity index (χ3n) is 2.58. The van der Waals surface area contributed by atoms with Gasteiger partial charge in [0.15, 0.2) is 0 Å². The van der Waals surface area contributed by atoms with Crippen LogP contribution in [0.1, 0.15) is 4.88 Å². The molecule has 0 aliphatic carbocycles. The molecule has 0 radical (unpaired) electrons. The molecule has 0 aliphatic rings. The highest BCUT2D eigenvalue weighted by Gasteiger charge is 2.14. The van der Waals surface area contributed by atoms with Crippen molar-refractivity contribution in [2.75, 3.05) is 0 Å². The smallest absolute Gasteiger partial charge is 0.232 e. The maximum Gasteiger partial charge on any atom is 0.232 e. The number of ether oxygens (including phenoxy) is 1. The molecule has 0 fully saturated rings. The summed E-state index contributed by atoms with van der Waals surface area (Å²) >= 11 is 19.5. The third-order valence-corrected chi connectivity index (χ3v) is 4.49. The summed E-state index contributed by atoms with van der Waals surface area (Å²) in [5.41, 5.74) is 0. The summed E-state index contributed by atoms with van der Waals surface area (Å²) in [7, 11) is 0. The van der Waals surface area contributed by atoms with Gasteiger partial charge in [-0.25, -0.2) is 4.98 Å². The maximum atomic E-state index is 6.11. The number of hydrogen-bond acceptors (Lipinski definition) is 4. The van der Waals surface area contributed by atoms with E-state index in [1.54, 1.807) is 18.2 Å². The van der Waals surface area contributed by atoms with Crippen LogP contribution < -0.4 is 4.74 Å². The van der Waals surface area contributed by atoms with Gasteiger partial charge in [-0.2, -0.15) is 4.98 Å². The standard InChI is InChI=1S/C13H7Cl3N2OS/c1-6-5-7-11(17-13(16)18-12(7)20-6)19-9-4-2-3-8(14)10(9)15/h2-5H,1H3. The maximum absolute atomic E-state index is 6.11. The summed E-state index contributed by atoms with van der Waals surface area (Å²) in [6.07, 6.45) is 0. The molecule has 2 heterocycles. The number of aryl methyl sites for hydroxylation is 1. The van der Waals surface area contributed by atoms with Gasteiger partial charge in [0.1, 0.15) is 15.6 Å². The van der Waals surface area contributed by atoms with Gasteiger partial charge >= 0.3 is 0 Å². The topological polar surface area (TPSA) is 35.0 Å². The lowest BCUT2D eigenvalue weighted by atomic mass is 10.3. The second-order valence-corrected chi connectivity index (χ2v) is 6.39. The van der Waals surface area contributed by atoms with E-state index in [1.807, 2.05) is 13.0 Å². The molecule has 3 aromatic rings. The highest BCUT2D eigenvalue weighted by Crippen LogP contribution is 2.38. The molecule has 0 saturated heterocycles. The predicted molar refractivity (Wildman–Crippen MR) is 83.7 cm³/mol. The largest absolute Gasteiger partial charge is 0.437 e. The van der Waals surface area contributed by atoms with E-state index in [9.17, 15) is 0 Å². The predicted octanol–water partition coefficient (Wildman–Crippen LogP) is 5.75. The Hall–Kier alpha value is -1.07. The molecule has 3 rings (SSSR count). The lowest BCUT2D eigenvalue weighted by Crippen LogP contribution is -1.92. The van der Waals surface area contributed by atoms with E-state index in [4.69, 9.17) is 39.5 Å². The first kappa shape index (κ1) is 13.9. The first-order valence-electron chi connectivity index (χ1n) is 5.60. The number of nitrogens with zero attached hydrogens (tertiary/aromatic N) is 2. The Labute approximate surface area is 134 Å². The lowest BCUT2D eigenvalue weighted by Gasteiger charge is -2.08. The average Bonchev–Trinajstić information content (AvgIpc) is 2.75. The van der Waals surface area contributed by atoms with E-state index in [2.05, 4.69) is 9.97 Å². The Morgan fingerprint density at radius 1 is 1.15 bits per heavy atom. The molecule has 0 N–H and O–H groups in total. The van der Waals surface area contributed by atoms with Crippen LogP contribution in [0.4, 0.5) is 0 Å². The van der Waals surface area contributed by atoms with Gasteiger partial charge in [0, 0.05) is 4.88 Å². The molecule has 2 aromatic heterocycles. The van der Waals surface area contributed by atoms with Crippen molar-refractivity contribution < 1.29 is 4.74 Å². The molecular formula is C13H7Cl3N2OS. The van der Waals surface area contributed by atoms with Crippen molar-refractivity contribution in [2.24, 2.45) is 0 Å². The normalized spacial score (nSPS) is 11.0. The molecule has 7 heteroatoms. The monoisotopic (exact) mass is 344 g/mol. The number of hydrogen-bond donors (Lipinski definition) is 0. The fraction of sp³-hybridized carbons (Fsp3) is 0.0769. The molecule has 0 aliphatic heterocycles. The van der Waals surface area contributed by atoms with Crippen molar-refractivity contribution in [3.05, 3.63) is 44.5 Å². The van der Waals surface area contributed by atoms with Gasteiger partial charge in [0.2, 0.25) is 11.2 Å². The average molecular weight is 346 g/mol. The highest BCUT2D eigenvalue weighted by atomic mass is 35.5. The van der Waals surface area contributed by atoms with Crippen LogP contribution in [0.15, 0.2) is 24.3 Å². The second kappa shape index (κ2) is 5.37. The van der Waals surface area contributed by atoms with Crippen LogP contribution in [0.5, 0.6) is 11.6 Å². The molecule has 0 unspecified atom stereocenters. The Morgan fingerprint density at radius 2 is 1.95 bits per heavy atom. The van der Waals surface area contributed by atoms with Gasteiger partial charge in [0.05, 0.1) is 10.4 Å². The number of thiophene rings is 1. The molecule has 1 aromatic carbocycles. The summed E-state index contributed by atoms with van der Waals surface area (Å²) < 4.78 is 5.75. The molecule has 3 nitrogen and oxygen atoms in total. The minimum absolute atomic E-state index is 0.132. The molecule has 0 spiro atoms. The van der Waals surface area contributed by atoms with Gasteiger partial charge in [0.25, 0.3) is 0 Å². The van der Waals surface area contributed by atoms with E-state index >= 15 is 0 Å². The molecule has 0 atom stereocenters. The van der Waals surface area contributed by atoms with Crippen molar-refractivity contribution in [3.63, 3.8) is 0 Å². The van der Waals surface area contributed by atoms with Crippen LogP contribution in [0.2, 0.25) is 15.3 Å². The Bertz CT molecular complexity index is 804. The number of aromatic nitrogens is 2. The molecule has 102 valence electrons. The van der Waals surface area contributed by atoms with E-state index in [0.29, 0.717) is 21.7 Å². The minimum atomic E-state index is 0.132. The number of fused-ring (bicyclic) bond motifs is 1. The van der Waals surface area contributed by atoms with E-state index in [1.165, 1.54) is 11.3 Å². The van der Waals surface area contributed by atoms with Gasteiger partial charge < -0.3 is 4.74 Å². The van der Waals surface area contributed by atoms with Crippen molar-refractivity contribution >= 4 is 56.4 Å². The zero-order valence-electron chi connectivity index (χ0n) is 10.2. The van der Waals surface area contributed by atoms with Crippen molar-refractivity contribution in [1.82, 2.24) is 9.97 Å². The minimum Gasteiger partial charge on any atom is -0.437 e. The third kappa shape index (κ3) is 2.56. The highest BCUT2D eigenvalue weighted by molar-refractivity contribution is 7.18. The van der Waals surface area contributed by atoms with E-state index < -0.39 is 0 Å². The first-order chi connectivity index (χ1) is 9.54. The molecule has 0 amide bonds. The van der Waals surface area contributed by atoms with Gasteiger partial charge in [-0.05, 0) is 36.7 Å². The van der Waals surface area contributed by atoms with Gasteiger partial charge in [-0.15, -0.1) is 11.3 Å². The van der Waals surface area contributed by atoms with Crippen molar-refractivity contribution in [2.45, 2.75) is 6.92 Å². The van der Waals surface area contributed by atoms with Crippen LogP contribution in [0, 0.1) is 6.92 Å². The summed E-state index contributed by atoms with van der Waals surface area (Å²) in [5.74, 6) is 0.799. The second-order valence-electron chi connectivity index (χ2n) is 4.03. The molecular weight excluding hydrogens is 339 g/mol. The van der Waals surface area contributed by atoms with Crippen molar-refractivity contribution in [3.8, 4) is 11.6 Å². The zero-order chi connectivity index (χ0) is 14.3. The lowest BCUT2D eigenvalue weighted by molar-refractivity contribution is 0.469. The summed E-state index contributed by atoms with van der Waals surface area (Å²) in [5, 5.41) is 1.69. The van der Waals surface area contributed by atoms with Crippen LogP contribution in [-0.4, -0.2) is 9.97 Å². The van der Waals surface area contributed by atoms with Gasteiger partial charge in [-0.1, -0.05) is 29.3 Å². The van der Waals surface area contributed by atoms with Crippen LogP contribution >= 0.6 is 46.1 Å². The number of halogens is 3.